The SMILES string of the molecule is CCNC(=NCc1ccc(OC)cc1OC)NCC1CCN(c2ccc(F)c(F)c2)C1.I. The molecule has 176 valence electrons. The monoisotopic (exact) mass is 560 g/mol. The number of hydrogen-bond donors (Lipinski definition) is 2. The lowest BCUT2D eigenvalue weighted by Gasteiger charge is -2.19. The lowest BCUT2D eigenvalue weighted by atomic mass is 10.1. The molecule has 2 N–H and O–H groups in total. The van der Waals surface area contributed by atoms with E-state index in [2.05, 4.69) is 20.5 Å². The number of rotatable bonds is 8. The summed E-state index contributed by atoms with van der Waals surface area (Å²) in [7, 11) is 3.25. The van der Waals surface area contributed by atoms with Gasteiger partial charge < -0.3 is 25.0 Å². The Morgan fingerprint density at radius 3 is 2.59 bits per heavy atom. The minimum atomic E-state index is -0.818. The Balaban J connectivity index is 0.00000363. The van der Waals surface area contributed by atoms with Crippen LogP contribution in [0.4, 0.5) is 14.5 Å². The van der Waals surface area contributed by atoms with Gasteiger partial charge in [-0.15, -0.1) is 24.0 Å². The topological polar surface area (TPSA) is 58.1 Å². The highest BCUT2D eigenvalue weighted by Crippen LogP contribution is 2.26. The summed E-state index contributed by atoms with van der Waals surface area (Å²) < 4.78 is 37.4. The Morgan fingerprint density at radius 1 is 1.09 bits per heavy atom. The molecule has 9 heteroatoms. The van der Waals surface area contributed by atoms with Crippen LogP contribution in [0.15, 0.2) is 41.4 Å². The van der Waals surface area contributed by atoms with Crippen molar-refractivity contribution in [3.63, 3.8) is 0 Å². The normalized spacial score (nSPS) is 15.8. The molecular formula is C23H31F2IN4O2. The van der Waals surface area contributed by atoms with Gasteiger partial charge in [0.2, 0.25) is 0 Å². The van der Waals surface area contributed by atoms with Gasteiger partial charge in [-0.2, -0.15) is 0 Å². The highest BCUT2D eigenvalue weighted by atomic mass is 127. The summed E-state index contributed by atoms with van der Waals surface area (Å²) in [5.41, 5.74) is 1.68. The molecule has 1 aliphatic heterocycles. The lowest BCUT2D eigenvalue weighted by Crippen LogP contribution is -2.40. The van der Waals surface area contributed by atoms with Gasteiger partial charge in [0.15, 0.2) is 17.6 Å². The molecule has 0 aliphatic carbocycles. The zero-order valence-corrected chi connectivity index (χ0v) is 21.0. The van der Waals surface area contributed by atoms with Crippen LogP contribution in [-0.2, 0) is 6.54 Å². The Labute approximate surface area is 205 Å². The molecule has 0 saturated carbocycles. The molecule has 1 atom stereocenters. The number of hydrogen-bond acceptors (Lipinski definition) is 4. The third-order valence-corrected chi connectivity index (χ3v) is 5.36. The van der Waals surface area contributed by atoms with E-state index in [0.717, 1.165) is 55.6 Å². The van der Waals surface area contributed by atoms with E-state index in [4.69, 9.17) is 9.47 Å². The predicted molar refractivity (Wildman–Crippen MR) is 134 cm³/mol. The van der Waals surface area contributed by atoms with Crippen LogP contribution < -0.4 is 25.0 Å². The maximum Gasteiger partial charge on any atom is 0.191 e. The maximum absolute atomic E-state index is 13.5. The third-order valence-electron chi connectivity index (χ3n) is 5.36. The summed E-state index contributed by atoms with van der Waals surface area (Å²) in [5, 5.41) is 6.66. The number of methoxy groups -OCH3 is 2. The van der Waals surface area contributed by atoms with Crippen LogP contribution in [0.2, 0.25) is 0 Å². The van der Waals surface area contributed by atoms with Gasteiger partial charge in [0.25, 0.3) is 0 Å². The number of halogens is 3. The van der Waals surface area contributed by atoms with Crippen LogP contribution in [0.1, 0.15) is 18.9 Å². The van der Waals surface area contributed by atoms with E-state index in [1.807, 2.05) is 25.1 Å². The van der Waals surface area contributed by atoms with E-state index in [0.29, 0.717) is 18.2 Å². The van der Waals surface area contributed by atoms with Gasteiger partial charge in [-0.3, -0.25) is 0 Å². The lowest BCUT2D eigenvalue weighted by molar-refractivity contribution is 0.391. The fourth-order valence-corrected chi connectivity index (χ4v) is 3.64. The van der Waals surface area contributed by atoms with E-state index in [9.17, 15) is 8.78 Å². The van der Waals surface area contributed by atoms with E-state index in [1.165, 1.54) is 12.1 Å². The molecule has 0 spiro atoms. The molecule has 2 aromatic rings. The van der Waals surface area contributed by atoms with Gasteiger partial charge in [0.05, 0.1) is 20.8 Å². The minimum Gasteiger partial charge on any atom is -0.497 e. The fourth-order valence-electron chi connectivity index (χ4n) is 3.64. The first kappa shape index (κ1) is 26.0. The summed E-state index contributed by atoms with van der Waals surface area (Å²) in [4.78, 5) is 6.76. The van der Waals surface area contributed by atoms with Crippen molar-refractivity contribution in [2.45, 2.75) is 19.9 Å². The highest BCUT2D eigenvalue weighted by Gasteiger charge is 2.23. The molecule has 1 heterocycles. The van der Waals surface area contributed by atoms with Crippen LogP contribution in [0.5, 0.6) is 11.5 Å². The van der Waals surface area contributed by atoms with Gasteiger partial charge in [-0.25, -0.2) is 13.8 Å². The van der Waals surface area contributed by atoms with Crippen molar-refractivity contribution in [1.29, 1.82) is 0 Å². The molecule has 0 amide bonds. The average Bonchev–Trinajstić information content (AvgIpc) is 3.26. The van der Waals surface area contributed by atoms with Crippen molar-refractivity contribution < 1.29 is 18.3 Å². The van der Waals surface area contributed by atoms with Gasteiger partial charge in [0.1, 0.15) is 11.5 Å². The molecule has 1 saturated heterocycles. The number of anilines is 1. The number of aliphatic imine (C=N–C) groups is 1. The smallest absolute Gasteiger partial charge is 0.191 e. The van der Waals surface area contributed by atoms with Crippen LogP contribution >= 0.6 is 24.0 Å². The van der Waals surface area contributed by atoms with Crippen molar-refractivity contribution >= 4 is 35.6 Å². The fraction of sp³-hybridized carbons (Fsp3) is 0.435. The summed E-state index contributed by atoms with van der Waals surface area (Å²) in [6.07, 6.45) is 0.970. The second-order valence-electron chi connectivity index (χ2n) is 7.45. The van der Waals surface area contributed by atoms with Crippen LogP contribution in [0.3, 0.4) is 0 Å². The Morgan fingerprint density at radius 2 is 1.91 bits per heavy atom. The van der Waals surface area contributed by atoms with Crippen molar-refractivity contribution in [2.24, 2.45) is 10.9 Å². The van der Waals surface area contributed by atoms with E-state index in [1.54, 1.807) is 20.3 Å². The Bertz CT molecular complexity index is 914. The van der Waals surface area contributed by atoms with Gasteiger partial charge >= 0.3 is 0 Å². The van der Waals surface area contributed by atoms with E-state index in [-0.39, 0.29) is 24.0 Å². The molecule has 0 aromatic heterocycles. The number of guanidine groups is 1. The largest absolute Gasteiger partial charge is 0.497 e. The standard InChI is InChI=1S/C23H30F2N4O2.HI/c1-4-26-23(28-14-17-5-7-19(30-2)12-22(17)31-3)27-13-16-9-10-29(15-16)18-6-8-20(24)21(25)11-18;/h5-8,11-12,16H,4,9-10,13-15H2,1-3H3,(H2,26,27,28);1H. The van der Waals surface area contributed by atoms with Crippen LogP contribution in [0.25, 0.3) is 0 Å². The van der Waals surface area contributed by atoms with Crippen molar-refractivity contribution in [3.05, 3.63) is 53.6 Å². The third kappa shape index (κ3) is 6.85. The summed E-state index contributed by atoms with van der Waals surface area (Å²) in [5.74, 6) is 0.952. The molecule has 1 fully saturated rings. The molecular weight excluding hydrogens is 529 g/mol. The molecule has 1 aliphatic rings. The average molecular weight is 560 g/mol. The second-order valence-corrected chi connectivity index (χ2v) is 7.45. The maximum atomic E-state index is 13.5. The molecule has 2 aromatic carbocycles. The van der Waals surface area contributed by atoms with Gasteiger partial charge in [-0.05, 0) is 43.5 Å². The minimum absolute atomic E-state index is 0. The Hall–Kier alpha value is -2.30. The first-order chi connectivity index (χ1) is 15.0. The number of ether oxygens (including phenoxy) is 2. The molecule has 3 rings (SSSR count). The van der Waals surface area contributed by atoms with Crippen LogP contribution in [-0.4, -0.2) is 46.4 Å². The van der Waals surface area contributed by atoms with E-state index < -0.39 is 11.6 Å². The number of nitrogens with zero attached hydrogens (tertiary/aromatic N) is 2. The predicted octanol–water partition coefficient (Wildman–Crippen LogP) is 4.18. The zero-order chi connectivity index (χ0) is 22.2. The van der Waals surface area contributed by atoms with Crippen molar-refractivity contribution in [2.75, 3.05) is 45.3 Å². The summed E-state index contributed by atoms with van der Waals surface area (Å²) in [6, 6.07) is 9.75. The van der Waals surface area contributed by atoms with Crippen LogP contribution in [0, 0.1) is 17.6 Å². The summed E-state index contributed by atoms with van der Waals surface area (Å²) in [6.45, 7) is 5.57. The summed E-state index contributed by atoms with van der Waals surface area (Å²) >= 11 is 0. The first-order valence-corrected chi connectivity index (χ1v) is 10.5. The quantitative estimate of drug-likeness (QED) is 0.288. The zero-order valence-electron chi connectivity index (χ0n) is 18.7. The first-order valence-electron chi connectivity index (χ1n) is 10.5. The van der Waals surface area contributed by atoms with Crippen molar-refractivity contribution in [1.82, 2.24) is 10.6 Å². The van der Waals surface area contributed by atoms with Gasteiger partial charge in [-0.1, -0.05) is 0 Å². The molecule has 32 heavy (non-hydrogen) atoms. The number of benzene rings is 2. The second kappa shape index (κ2) is 12.7. The Kier molecular flexibility index (Phi) is 10.3. The molecule has 6 nitrogen and oxygen atoms in total. The number of nitrogens with one attached hydrogen (secondary N) is 2. The molecule has 1 unspecified atom stereocenters. The molecule has 0 bridgehead atoms. The van der Waals surface area contributed by atoms with Crippen molar-refractivity contribution in [3.8, 4) is 11.5 Å². The highest BCUT2D eigenvalue weighted by molar-refractivity contribution is 14.0. The molecule has 0 radical (unpaired) electrons. The van der Waals surface area contributed by atoms with Gasteiger partial charge in [0, 0.05) is 49.6 Å². The van der Waals surface area contributed by atoms with E-state index >= 15 is 0 Å².